The molecule has 0 saturated heterocycles. The number of hydrogen-bond acceptors (Lipinski definition) is 5. The van der Waals surface area contributed by atoms with Crippen molar-refractivity contribution in [3.05, 3.63) is 11.4 Å². The molecule has 1 aliphatic rings. The molecule has 0 atom stereocenters. The van der Waals surface area contributed by atoms with Gasteiger partial charge >= 0.3 is 5.97 Å². The topological polar surface area (TPSA) is 89.1 Å². The van der Waals surface area contributed by atoms with Crippen molar-refractivity contribution in [2.24, 2.45) is 5.92 Å². The van der Waals surface area contributed by atoms with Crippen molar-refractivity contribution in [1.82, 2.24) is 10.2 Å². The summed E-state index contributed by atoms with van der Waals surface area (Å²) < 4.78 is 28.2. The third-order valence-corrected chi connectivity index (χ3v) is 4.08. The average molecular weight is 307 g/mol. The van der Waals surface area contributed by atoms with E-state index >= 15 is 0 Å². The van der Waals surface area contributed by atoms with Gasteiger partial charge in [-0.25, -0.2) is 13.2 Å². The number of carbonyl (C=O) groups excluding carboxylic acids is 1. The molecular formula is C11H15ClN2O4S. The highest BCUT2D eigenvalue weighted by Crippen LogP contribution is 2.43. The van der Waals surface area contributed by atoms with Crippen LogP contribution in [0.2, 0.25) is 0 Å². The lowest BCUT2D eigenvalue weighted by Gasteiger charge is -2.06. The Morgan fingerprint density at radius 3 is 2.63 bits per heavy atom. The molecule has 0 amide bonds. The van der Waals surface area contributed by atoms with E-state index in [0.29, 0.717) is 5.69 Å². The number of ether oxygens (including phenoxy) is 1. The second-order valence-electron chi connectivity index (χ2n) is 5.02. The summed E-state index contributed by atoms with van der Waals surface area (Å²) >= 11 is 0. The minimum absolute atomic E-state index is 0.0858. The Morgan fingerprint density at radius 2 is 2.16 bits per heavy atom. The first kappa shape index (κ1) is 14.3. The van der Waals surface area contributed by atoms with E-state index in [4.69, 9.17) is 15.4 Å². The van der Waals surface area contributed by atoms with Crippen molar-refractivity contribution in [1.29, 1.82) is 0 Å². The quantitative estimate of drug-likeness (QED) is 0.664. The summed E-state index contributed by atoms with van der Waals surface area (Å²) in [6.07, 6.45) is 1.73. The van der Waals surface area contributed by atoms with E-state index in [0.717, 1.165) is 12.8 Å². The molecule has 1 aromatic rings. The fourth-order valence-electron chi connectivity index (χ4n) is 1.69. The van der Waals surface area contributed by atoms with Crippen molar-refractivity contribution in [2.45, 2.75) is 37.5 Å². The zero-order chi connectivity index (χ0) is 14.2. The first-order valence-corrected chi connectivity index (χ1v) is 8.31. The van der Waals surface area contributed by atoms with Crippen LogP contribution in [0.4, 0.5) is 0 Å². The summed E-state index contributed by atoms with van der Waals surface area (Å²) in [5.41, 5.74) is 0.157. The molecule has 0 radical (unpaired) electrons. The Morgan fingerprint density at radius 1 is 1.53 bits per heavy atom. The maximum Gasteiger partial charge on any atom is 0.360 e. The number of nitrogens with one attached hydrogen (secondary N) is 1. The van der Waals surface area contributed by atoms with Crippen LogP contribution < -0.4 is 0 Å². The van der Waals surface area contributed by atoms with Gasteiger partial charge in [0.05, 0.1) is 12.3 Å². The Bertz CT molecular complexity index is 590. The normalized spacial score (nSPS) is 15.8. The van der Waals surface area contributed by atoms with Crippen LogP contribution in [0.15, 0.2) is 4.90 Å². The minimum atomic E-state index is -4.03. The SMILES string of the molecule is CC(C)COC(=O)c1n[nH]c(C2CC2)c1S(=O)(=O)Cl. The second kappa shape index (κ2) is 5.13. The molecule has 1 N–H and O–H groups in total. The van der Waals surface area contributed by atoms with Gasteiger partial charge in [-0.1, -0.05) is 13.8 Å². The van der Waals surface area contributed by atoms with E-state index in [1.54, 1.807) is 0 Å². The molecular weight excluding hydrogens is 292 g/mol. The summed E-state index contributed by atoms with van der Waals surface area (Å²) in [6, 6.07) is 0. The molecule has 1 fully saturated rings. The number of nitrogens with zero attached hydrogens (tertiary/aromatic N) is 1. The number of halogens is 1. The predicted octanol–water partition coefficient (Wildman–Crippen LogP) is 2.03. The van der Waals surface area contributed by atoms with Crippen LogP contribution in [0.1, 0.15) is 48.8 Å². The highest BCUT2D eigenvalue weighted by Gasteiger charge is 2.36. The van der Waals surface area contributed by atoms with Gasteiger partial charge in [-0.2, -0.15) is 5.10 Å². The Hall–Kier alpha value is -1.08. The van der Waals surface area contributed by atoms with Crippen LogP contribution >= 0.6 is 10.7 Å². The van der Waals surface area contributed by atoms with Gasteiger partial charge < -0.3 is 4.74 Å². The van der Waals surface area contributed by atoms with E-state index in [9.17, 15) is 13.2 Å². The molecule has 1 aromatic heterocycles. The lowest BCUT2D eigenvalue weighted by molar-refractivity contribution is 0.0447. The molecule has 106 valence electrons. The lowest BCUT2D eigenvalue weighted by atomic mass is 10.2. The monoisotopic (exact) mass is 306 g/mol. The van der Waals surface area contributed by atoms with Gasteiger partial charge in [0.1, 0.15) is 4.90 Å². The zero-order valence-electron chi connectivity index (χ0n) is 10.6. The molecule has 0 spiro atoms. The van der Waals surface area contributed by atoms with Gasteiger partial charge in [0.25, 0.3) is 9.05 Å². The fraction of sp³-hybridized carbons (Fsp3) is 0.636. The molecule has 1 aliphatic carbocycles. The van der Waals surface area contributed by atoms with E-state index in [1.165, 1.54) is 0 Å². The van der Waals surface area contributed by atoms with Crippen LogP contribution in [0.5, 0.6) is 0 Å². The van der Waals surface area contributed by atoms with Crippen molar-refractivity contribution < 1.29 is 17.9 Å². The molecule has 19 heavy (non-hydrogen) atoms. The smallest absolute Gasteiger partial charge is 0.360 e. The zero-order valence-corrected chi connectivity index (χ0v) is 12.2. The number of H-pyrrole nitrogens is 1. The highest BCUT2D eigenvalue weighted by atomic mass is 35.7. The predicted molar refractivity (Wildman–Crippen MR) is 68.7 cm³/mol. The van der Waals surface area contributed by atoms with Crippen LogP contribution in [0, 0.1) is 5.92 Å². The van der Waals surface area contributed by atoms with Crippen LogP contribution in [0.25, 0.3) is 0 Å². The number of aromatic amines is 1. The van der Waals surface area contributed by atoms with Gasteiger partial charge in [0, 0.05) is 16.6 Å². The standard InChI is InChI=1S/C11H15ClN2O4S/c1-6(2)5-18-11(15)9-10(19(12,16)17)8(13-14-9)7-3-4-7/h6-7H,3-5H2,1-2H3,(H,13,14). The maximum absolute atomic E-state index is 11.8. The number of aromatic nitrogens is 2. The van der Waals surface area contributed by atoms with E-state index in [2.05, 4.69) is 10.2 Å². The molecule has 0 unspecified atom stereocenters. The molecule has 6 nitrogen and oxygen atoms in total. The summed E-state index contributed by atoms with van der Waals surface area (Å²) in [7, 11) is 1.36. The molecule has 0 bridgehead atoms. The third kappa shape index (κ3) is 3.27. The van der Waals surface area contributed by atoms with Crippen LogP contribution in [-0.4, -0.2) is 31.2 Å². The Balaban J connectivity index is 2.32. The molecule has 0 aliphatic heterocycles. The number of hydrogen-bond donors (Lipinski definition) is 1. The first-order valence-electron chi connectivity index (χ1n) is 6.00. The molecule has 0 aromatic carbocycles. The number of esters is 1. The van der Waals surface area contributed by atoms with Crippen molar-refractivity contribution >= 4 is 25.7 Å². The van der Waals surface area contributed by atoms with Gasteiger partial charge in [-0.3, -0.25) is 5.10 Å². The summed E-state index contributed by atoms with van der Waals surface area (Å²) in [5, 5.41) is 6.36. The number of rotatable bonds is 5. The fourth-order valence-corrected chi connectivity index (χ4v) is 2.99. The lowest BCUT2D eigenvalue weighted by Crippen LogP contribution is -2.13. The average Bonchev–Trinajstić information content (AvgIpc) is 3.03. The van der Waals surface area contributed by atoms with E-state index < -0.39 is 15.0 Å². The summed E-state index contributed by atoms with van der Waals surface area (Å²) in [5.74, 6) is -0.527. The summed E-state index contributed by atoms with van der Waals surface area (Å²) in [4.78, 5) is 11.6. The van der Waals surface area contributed by atoms with Crippen molar-refractivity contribution in [3.63, 3.8) is 0 Å². The molecule has 2 rings (SSSR count). The van der Waals surface area contributed by atoms with E-state index in [1.807, 2.05) is 13.8 Å². The molecule has 8 heteroatoms. The van der Waals surface area contributed by atoms with Crippen LogP contribution in [-0.2, 0) is 13.8 Å². The molecule has 1 heterocycles. The van der Waals surface area contributed by atoms with E-state index in [-0.39, 0.29) is 29.0 Å². The van der Waals surface area contributed by atoms with Gasteiger partial charge in [-0.05, 0) is 18.8 Å². The van der Waals surface area contributed by atoms with Crippen LogP contribution in [0.3, 0.4) is 0 Å². The molecule has 1 saturated carbocycles. The second-order valence-corrected chi connectivity index (χ2v) is 7.52. The van der Waals surface area contributed by atoms with Gasteiger partial charge in [0.2, 0.25) is 0 Å². The highest BCUT2D eigenvalue weighted by molar-refractivity contribution is 8.13. The third-order valence-electron chi connectivity index (χ3n) is 2.72. The van der Waals surface area contributed by atoms with Gasteiger partial charge in [0.15, 0.2) is 5.69 Å². The largest absolute Gasteiger partial charge is 0.461 e. The van der Waals surface area contributed by atoms with Crippen molar-refractivity contribution in [2.75, 3.05) is 6.61 Å². The number of carbonyl (C=O) groups is 1. The van der Waals surface area contributed by atoms with Gasteiger partial charge in [-0.15, -0.1) is 0 Å². The van der Waals surface area contributed by atoms with Crippen molar-refractivity contribution in [3.8, 4) is 0 Å². The first-order chi connectivity index (χ1) is 8.80. The summed E-state index contributed by atoms with van der Waals surface area (Å²) in [6.45, 7) is 3.96. The Kier molecular flexibility index (Phi) is 3.87. The maximum atomic E-state index is 11.8. The Labute approximate surface area is 115 Å². The minimum Gasteiger partial charge on any atom is -0.461 e.